The number of rotatable bonds is 4. The Morgan fingerprint density at radius 2 is 1.48 bits per heavy atom. The van der Waals surface area contributed by atoms with Crippen LogP contribution < -0.4 is 0 Å². The molecule has 0 bridgehead atoms. The van der Waals surface area contributed by atoms with Gasteiger partial charge in [0.15, 0.2) is 0 Å². The number of aromatic nitrogens is 1. The monoisotopic (exact) mass is 327 g/mol. The molecule has 0 saturated carbocycles. The zero-order chi connectivity index (χ0) is 17.1. The number of nitrogens with zero attached hydrogens (tertiary/aromatic N) is 1. The summed E-state index contributed by atoms with van der Waals surface area (Å²) in [6.45, 7) is 13.7. The van der Waals surface area contributed by atoms with E-state index >= 15 is 0 Å². The maximum Gasteiger partial charge on any atom is 0.0411 e. The Morgan fingerprint density at radius 1 is 0.870 bits per heavy atom. The highest BCUT2D eigenvalue weighted by atomic mass is 32.2. The topological polar surface area (TPSA) is 12.9 Å². The van der Waals surface area contributed by atoms with Crippen LogP contribution in [0.5, 0.6) is 0 Å². The Hall–Kier alpha value is -1.28. The highest BCUT2D eigenvalue weighted by Crippen LogP contribution is 2.33. The van der Waals surface area contributed by atoms with Crippen LogP contribution >= 0.6 is 11.8 Å². The van der Waals surface area contributed by atoms with E-state index in [0.29, 0.717) is 0 Å². The van der Waals surface area contributed by atoms with E-state index in [1.807, 2.05) is 24.0 Å². The smallest absolute Gasteiger partial charge is 0.0411 e. The second-order valence-corrected chi connectivity index (χ2v) is 9.33. The Kier molecular flexibility index (Phi) is 5.57. The lowest BCUT2D eigenvalue weighted by Crippen LogP contribution is -2.16. The predicted octanol–water partition coefficient (Wildman–Crippen LogP) is 6.01. The van der Waals surface area contributed by atoms with Crippen LogP contribution in [0.2, 0.25) is 0 Å². The summed E-state index contributed by atoms with van der Waals surface area (Å²) < 4.78 is 0. The normalized spacial score (nSPS) is 12.4. The van der Waals surface area contributed by atoms with Crippen molar-refractivity contribution < 1.29 is 0 Å². The molecular formula is C21H29NS. The van der Waals surface area contributed by atoms with E-state index in [2.05, 4.69) is 76.9 Å². The van der Waals surface area contributed by atoms with Gasteiger partial charge in [-0.05, 0) is 52.6 Å². The third kappa shape index (κ3) is 5.39. The van der Waals surface area contributed by atoms with Crippen LogP contribution in [0.15, 0.2) is 47.5 Å². The number of hydrogen-bond acceptors (Lipinski definition) is 2. The van der Waals surface area contributed by atoms with Crippen LogP contribution in [0.1, 0.15) is 58.4 Å². The Bertz CT molecular complexity index is 601. The molecule has 0 fully saturated rings. The van der Waals surface area contributed by atoms with Crippen molar-refractivity contribution in [3.63, 3.8) is 0 Å². The molecule has 2 aromatic rings. The van der Waals surface area contributed by atoms with Crippen LogP contribution in [0.25, 0.3) is 0 Å². The molecule has 0 saturated heterocycles. The van der Waals surface area contributed by atoms with Gasteiger partial charge in [-0.1, -0.05) is 53.7 Å². The van der Waals surface area contributed by atoms with Crippen molar-refractivity contribution in [2.24, 2.45) is 0 Å². The lowest BCUT2D eigenvalue weighted by Gasteiger charge is -2.26. The molecule has 23 heavy (non-hydrogen) atoms. The van der Waals surface area contributed by atoms with Gasteiger partial charge >= 0.3 is 0 Å². The minimum absolute atomic E-state index is 0.178. The fraction of sp³-hybridized carbons (Fsp3) is 0.476. The summed E-state index contributed by atoms with van der Waals surface area (Å²) >= 11 is 1.94. The number of pyridine rings is 1. The van der Waals surface area contributed by atoms with E-state index in [1.165, 1.54) is 21.7 Å². The van der Waals surface area contributed by atoms with Gasteiger partial charge in [-0.3, -0.25) is 4.98 Å². The van der Waals surface area contributed by atoms with Crippen LogP contribution in [0.3, 0.4) is 0 Å². The maximum atomic E-state index is 4.41. The quantitative estimate of drug-likeness (QED) is 0.638. The molecule has 124 valence electrons. The molecule has 2 heteroatoms. The van der Waals surface area contributed by atoms with E-state index in [0.717, 1.165) is 12.2 Å². The molecule has 0 amide bonds. The molecule has 0 aliphatic heterocycles. The fourth-order valence-corrected chi connectivity index (χ4v) is 3.34. The number of aryl methyl sites for hydroxylation is 1. The average Bonchev–Trinajstić information content (AvgIpc) is 2.46. The van der Waals surface area contributed by atoms with Gasteiger partial charge in [-0.2, -0.15) is 0 Å². The van der Waals surface area contributed by atoms with Crippen molar-refractivity contribution in [2.75, 3.05) is 5.75 Å². The van der Waals surface area contributed by atoms with E-state index < -0.39 is 0 Å². The van der Waals surface area contributed by atoms with Gasteiger partial charge < -0.3 is 0 Å². The van der Waals surface area contributed by atoms with Crippen molar-refractivity contribution >= 4 is 11.8 Å². The summed E-state index contributed by atoms with van der Waals surface area (Å²) in [6, 6.07) is 13.2. The Balaban J connectivity index is 2.17. The molecule has 0 aliphatic rings. The van der Waals surface area contributed by atoms with Crippen molar-refractivity contribution in [3.8, 4) is 0 Å². The molecule has 1 aromatic heterocycles. The van der Waals surface area contributed by atoms with Crippen molar-refractivity contribution in [2.45, 2.75) is 63.7 Å². The van der Waals surface area contributed by atoms with Gasteiger partial charge in [-0.15, -0.1) is 11.8 Å². The van der Waals surface area contributed by atoms with E-state index in [9.17, 15) is 0 Å². The number of hydrogen-bond donors (Lipinski definition) is 0. The van der Waals surface area contributed by atoms with E-state index in [4.69, 9.17) is 0 Å². The van der Waals surface area contributed by atoms with Crippen molar-refractivity contribution in [1.29, 1.82) is 0 Å². The highest BCUT2D eigenvalue weighted by molar-refractivity contribution is 7.99. The minimum Gasteiger partial charge on any atom is -0.261 e. The van der Waals surface area contributed by atoms with Crippen LogP contribution in [0.4, 0.5) is 0 Å². The zero-order valence-corrected chi connectivity index (χ0v) is 16.1. The first-order valence-electron chi connectivity index (χ1n) is 8.35. The maximum absolute atomic E-state index is 4.41. The highest BCUT2D eigenvalue weighted by Gasteiger charge is 2.20. The molecule has 0 aliphatic carbocycles. The lowest BCUT2D eigenvalue weighted by molar-refractivity contribution is 0.565. The van der Waals surface area contributed by atoms with Gasteiger partial charge in [0.25, 0.3) is 0 Å². The second-order valence-electron chi connectivity index (χ2n) is 8.17. The zero-order valence-electron chi connectivity index (χ0n) is 15.3. The van der Waals surface area contributed by atoms with Gasteiger partial charge in [0.1, 0.15) is 0 Å². The average molecular weight is 328 g/mol. The third-order valence-corrected chi connectivity index (χ3v) is 4.97. The molecule has 1 heterocycles. The Morgan fingerprint density at radius 3 is 1.96 bits per heavy atom. The summed E-state index contributed by atoms with van der Waals surface area (Å²) in [5.74, 6) is 1.06. The fourth-order valence-electron chi connectivity index (χ4n) is 2.37. The standard InChI is InChI=1S/C21H29NS/c1-20(2,3)16-13-17(21(4,5)6)15-19(14-16)23-12-10-18-9-7-8-11-22-18/h7-9,11,13-15H,10,12H2,1-6H3. The third-order valence-electron chi connectivity index (χ3n) is 3.99. The largest absolute Gasteiger partial charge is 0.261 e. The van der Waals surface area contributed by atoms with Gasteiger partial charge in [-0.25, -0.2) is 0 Å². The molecule has 0 unspecified atom stereocenters. The molecular weight excluding hydrogens is 298 g/mol. The van der Waals surface area contributed by atoms with Gasteiger partial charge in [0.2, 0.25) is 0 Å². The second kappa shape index (κ2) is 7.09. The first-order valence-corrected chi connectivity index (χ1v) is 9.33. The number of thioether (sulfide) groups is 1. The van der Waals surface area contributed by atoms with Crippen LogP contribution in [0, 0.1) is 0 Å². The van der Waals surface area contributed by atoms with Gasteiger partial charge in [0.05, 0.1) is 0 Å². The summed E-state index contributed by atoms with van der Waals surface area (Å²) in [4.78, 5) is 5.78. The van der Waals surface area contributed by atoms with Crippen LogP contribution in [-0.4, -0.2) is 10.7 Å². The first-order chi connectivity index (χ1) is 10.7. The molecule has 2 rings (SSSR count). The SMILES string of the molecule is CC(C)(C)c1cc(SCCc2ccccn2)cc(C(C)(C)C)c1. The van der Waals surface area contributed by atoms with Gasteiger partial charge in [0, 0.05) is 22.5 Å². The molecule has 1 nitrogen and oxygen atoms in total. The summed E-state index contributed by atoms with van der Waals surface area (Å²) in [5, 5.41) is 0. The predicted molar refractivity (Wildman–Crippen MR) is 103 cm³/mol. The molecule has 0 N–H and O–H groups in total. The Labute approximate surface area is 145 Å². The molecule has 0 radical (unpaired) electrons. The molecule has 1 aromatic carbocycles. The van der Waals surface area contributed by atoms with Crippen molar-refractivity contribution in [3.05, 3.63) is 59.4 Å². The molecule has 0 spiro atoms. The summed E-state index contributed by atoms with van der Waals surface area (Å²) in [6.07, 6.45) is 2.88. The van der Waals surface area contributed by atoms with E-state index in [1.54, 1.807) is 0 Å². The molecule has 0 atom stereocenters. The summed E-state index contributed by atoms with van der Waals surface area (Å²) in [5.41, 5.74) is 4.37. The minimum atomic E-state index is 0.178. The first kappa shape index (κ1) is 18.1. The lowest BCUT2D eigenvalue weighted by atomic mass is 9.81. The van der Waals surface area contributed by atoms with Crippen molar-refractivity contribution in [1.82, 2.24) is 4.98 Å². The van der Waals surface area contributed by atoms with E-state index in [-0.39, 0.29) is 10.8 Å². The van der Waals surface area contributed by atoms with Crippen LogP contribution in [-0.2, 0) is 17.3 Å². The number of benzene rings is 1. The summed E-state index contributed by atoms with van der Waals surface area (Å²) in [7, 11) is 0.